The van der Waals surface area contributed by atoms with E-state index in [1.54, 1.807) is 6.07 Å². The summed E-state index contributed by atoms with van der Waals surface area (Å²) < 4.78 is 0. The molecular weight excluding hydrogens is 240 g/mol. The van der Waals surface area contributed by atoms with Crippen molar-refractivity contribution in [3.63, 3.8) is 0 Å². The van der Waals surface area contributed by atoms with Gasteiger partial charge >= 0.3 is 5.97 Å². The van der Waals surface area contributed by atoms with E-state index in [1.165, 1.54) is 11.8 Å². The smallest absolute Gasteiger partial charge is 0.339 e. The SMILES string of the molecule is Cc1cccc(CNc2cc(C)ncc2C(=O)O)c1. The molecule has 0 aliphatic carbocycles. The Bertz CT molecular complexity index is 609. The third kappa shape index (κ3) is 3.31. The molecule has 0 radical (unpaired) electrons. The van der Waals surface area contributed by atoms with Crippen LogP contribution >= 0.6 is 0 Å². The van der Waals surface area contributed by atoms with Crippen molar-refractivity contribution in [2.45, 2.75) is 20.4 Å². The van der Waals surface area contributed by atoms with Gasteiger partial charge in [-0.1, -0.05) is 29.8 Å². The number of aromatic carboxylic acids is 1. The lowest BCUT2D eigenvalue weighted by Crippen LogP contribution is -2.07. The van der Waals surface area contributed by atoms with Crippen molar-refractivity contribution in [2.24, 2.45) is 0 Å². The van der Waals surface area contributed by atoms with Gasteiger partial charge in [-0.05, 0) is 25.5 Å². The largest absolute Gasteiger partial charge is 0.478 e. The Morgan fingerprint density at radius 2 is 2.11 bits per heavy atom. The molecule has 0 amide bonds. The van der Waals surface area contributed by atoms with Crippen LogP contribution < -0.4 is 5.32 Å². The average molecular weight is 256 g/mol. The number of rotatable bonds is 4. The van der Waals surface area contributed by atoms with E-state index in [1.807, 2.05) is 32.0 Å². The first-order chi connectivity index (χ1) is 9.06. The second-order valence-corrected chi connectivity index (χ2v) is 4.52. The summed E-state index contributed by atoms with van der Waals surface area (Å²) in [5, 5.41) is 12.3. The van der Waals surface area contributed by atoms with E-state index in [4.69, 9.17) is 5.11 Å². The summed E-state index contributed by atoms with van der Waals surface area (Å²) in [6.07, 6.45) is 1.39. The van der Waals surface area contributed by atoms with Gasteiger partial charge in [0.1, 0.15) is 5.56 Å². The fourth-order valence-electron chi connectivity index (χ4n) is 1.90. The number of carboxylic acid groups (broad SMARTS) is 1. The standard InChI is InChI=1S/C15H16N2O2/c1-10-4-3-5-12(6-10)8-17-14-7-11(2)16-9-13(14)15(18)19/h3-7,9H,8H2,1-2H3,(H,16,17)(H,18,19). The Balaban J connectivity index is 2.19. The zero-order valence-electron chi connectivity index (χ0n) is 11.0. The lowest BCUT2D eigenvalue weighted by atomic mass is 10.1. The van der Waals surface area contributed by atoms with Gasteiger partial charge in [0.2, 0.25) is 0 Å². The molecule has 0 unspecified atom stereocenters. The Hall–Kier alpha value is -2.36. The predicted molar refractivity (Wildman–Crippen MR) is 74.4 cm³/mol. The van der Waals surface area contributed by atoms with Gasteiger partial charge < -0.3 is 10.4 Å². The number of pyridine rings is 1. The van der Waals surface area contributed by atoms with Gasteiger partial charge in [0.05, 0.1) is 5.69 Å². The molecule has 0 saturated heterocycles. The van der Waals surface area contributed by atoms with Crippen molar-refractivity contribution in [1.29, 1.82) is 0 Å². The summed E-state index contributed by atoms with van der Waals surface area (Å²) >= 11 is 0. The number of carbonyl (C=O) groups is 1. The Kier molecular flexibility index (Phi) is 3.80. The minimum atomic E-state index is -0.973. The van der Waals surface area contributed by atoms with Crippen molar-refractivity contribution in [2.75, 3.05) is 5.32 Å². The van der Waals surface area contributed by atoms with E-state index in [2.05, 4.69) is 16.4 Å². The van der Waals surface area contributed by atoms with Crippen LogP contribution in [0.25, 0.3) is 0 Å². The van der Waals surface area contributed by atoms with Crippen LogP contribution in [0.3, 0.4) is 0 Å². The molecule has 0 spiro atoms. The molecule has 1 aromatic carbocycles. The summed E-state index contributed by atoms with van der Waals surface area (Å²) in [6, 6.07) is 9.85. The molecule has 2 N–H and O–H groups in total. The fraction of sp³-hybridized carbons (Fsp3) is 0.200. The second kappa shape index (κ2) is 5.52. The van der Waals surface area contributed by atoms with Gasteiger partial charge in [0.15, 0.2) is 0 Å². The van der Waals surface area contributed by atoms with E-state index in [-0.39, 0.29) is 5.56 Å². The number of benzene rings is 1. The molecule has 4 heteroatoms. The van der Waals surface area contributed by atoms with E-state index >= 15 is 0 Å². The summed E-state index contributed by atoms with van der Waals surface area (Å²) in [7, 11) is 0. The molecule has 98 valence electrons. The molecular formula is C15H16N2O2. The molecule has 0 saturated carbocycles. The number of hydrogen-bond acceptors (Lipinski definition) is 3. The highest BCUT2D eigenvalue weighted by atomic mass is 16.4. The first kappa shape index (κ1) is 13.1. The maximum Gasteiger partial charge on any atom is 0.339 e. The van der Waals surface area contributed by atoms with Crippen LogP contribution in [0.4, 0.5) is 5.69 Å². The number of nitrogens with zero attached hydrogens (tertiary/aromatic N) is 1. The minimum absolute atomic E-state index is 0.193. The van der Waals surface area contributed by atoms with Crippen LogP contribution in [0.2, 0.25) is 0 Å². The summed E-state index contributed by atoms with van der Waals surface area (Å²) in [6.45, 7) is 4.46. The third-order valence-corrected chi connectivity index (χ3v) is 2.84. The number of carboxylic acids is 1. The number of hydrogen-bond donors (Lipinski definition) is 2. The van der Waals surface area contributed by atoms with Gasteiger partial charge in [-0.2, -0.15) is 0 Å². The maximum atomic E-state index is 11.1. The molecule has 0 atom stereocenters. The quantitative estimate of drug-likeness (QED) is 0.882. The molecule has 1 aromatic heterocycles. The summed E-state index contributed by atoms with van der Waals surface area (Å²) in [5.41, 5.74) is 3.88. The van der Waals surface area contributed by atoms with E-state index in [0.29, 0.717) is 12.2 Å². The van der Waals surface area contributed by atoms with Gasteiger partial charge in [0, 0.05) is 18.4 Å². The van der Waals surface area contributed by atoms with Crippen LogP contribution in [0.1, 0.15) is 27.2 Å². The first-order valence-electron chi connectivity index (χ1n) is 6.05. The van der Waals surface area contributed by atoms with E-state index in [0.717, 1.165) is 11.3 Å². The summed E-state index contributed by atoms with van der Waals surface area (Å²) in [5.74, 6) is -0.973. The zero-order valence-corrected chi connectivity index (χ0v) is 11.0. The molecule has 2 rings (SSSR count). The van der Waals surface area contributed by atoms with Crippen molar-refractivity contribution >= 4 is 11.7 Å². The molecule has 0 aliphatic heterocycles. The molecule has 1 heterocycles. The lowest BCUT2D eigenvalue weighted by molar-refractivity contribution is 0.0697. The van der Waals surface area contributed by atoms with Crippen LogP contribution in [0, 0.1) is 13.8 Å². The maximum absolute atomic E-state index is 11.1. The molecule has 0 bridgehead atoms. The molecule has 0 aliphatic rings. The second-order valence-electron chi connectivity index (χ2n) is 4.52. The van der Waals surface area contributed by atoms with Crippen molar-refractivity contribution in [3.05, 3.63) is 58.9 Å². The lowest BCUT2D eigenvalue weighted by Gasteiger charge is -2.10. The minimum Gasteiger partial charge on any atom is -0.478 e. The number of aryl methyl sites for hydroxylation is 2. The molecule has 19 heavy (non-hydrogen) atoms. The number of nitrogens with one attached hydrogen (secondary N) is 1. The Labute approximate surface area is 112 Å². The number of aromatic nitrogens is 1. The summed E-state index contributed by atoms with van der Waals surface area (Å²) in [4.78, 5) is 15.1. The van der Waals surface area contributed by atoms with Crippen LogP contribution in [-0.4, -0.2) is 16.1 Å². The van der Waals surface area contributed by atoms with Crippen LogP contribution in [0.15, 0.2) is 36.5 Å². The highest BCUT2D eigenvalue weighted by Crippen LogP contribution is 2.17. The van der Waals surface area contributed by atoms with E-state index in [9.17, 15) is 4.79 Å². The molecule has 4 nitrogen and oxygen atoms in total. The number of anilines is 1. The zero-order chi connectivity index (χ0) is 13.8. The first-order valence-corrected chi connectivity index (χ1v) is 6.05. The van der Waals surface area contributed by atoms with Crippen molar-refractivity contribution in [1.82, 2.24) is 4.98 Å². The highest BCUT2D eigenvalue weighted by Gasteiger charge is 2.10. The Morgan fingerprint density at radius 1 is 1.32 bits per heavy atom. The van der Waals surface area contributed by atoms with Gasteiger partial charge in [-0.3, -0.25) is 4.98 Å². The van der Waals surface area contributed by atoms with Crippen LogP contribution in [-0.2, 0) is 6.54 Å². The van der Waals surface area contributed by atoms with Gasteiger partial charge in [-0.15, -0.1) is 0 Å². The van der Waals surface area contributed by atoms with Crippen molar-refractivity contribution in [3.8, 4) is 0 Å². The molecule has 0 fully saturated rings. The normalized spacial score (nSPS) is 10.2. The predicted octanol–water partition coefficient (Wildman–Crippen LogP) is 3.01. The van der Waals surface area contributed by atoms with Gasteiger partial charge in [0.25, 0.3) is 0 Å². The third-order valence-electron chi connectivity index (χ3n) is 2.84. The molecule has 2 aromatic rings. The Morgan fingerprint density at radius 3 is 2.79 bits per heavy atom. The van der Waals surface area contributed by atoms with Crippen LogP contribution in [0.5, 0.6) is 0 Å². The average Bonchev–Trinajstić information content (AvgIpc) is 2.36. The fourth-order valence-corrected chi connectivity index (χ4v) is 1.90. The van der Waals surface area contributed by atoms with Gasteiger partial charge in [-0.25, -0.2) is 4.79 Å². The highest BCUT2D eigenvalue weighted by molar-refractivity contribution is 5.93. The monoisotopic (exact) mass is 256 g/mol. The van der Waals surface area contributed by atoms with E-state index < -0.39 is 5.97 Å². The van der Waals surface area contributed by atoms with Crippen molar-refractivity contribution < 1.29 is 9.90 Å². The topological polar surface area (TPSA) is 62.2 Å².